The zero-order chi connectivity index (χ0) is 20.8. The van der Waals surface area contributed by atoms with Crippen molar-refractivity contribution < 1.29 is 28.9 Å². The number of hydrogen-bond acceptors (Lipinski definition) is 6. The first-order valence-electron chi connectivity index (χ1n) is 9.11. The molecule has 0 unspecified atom stereocenters. The Morgan fingerprint density at radius 2 is 2.03 bits per heavy atom. The minimum atomic E-state index is -1.09. The van der Waals surface area contributed by atoms with E-state index in [4.69, 9.17) is 30.6 Å². The van der Waals surface area contributed by atoms with Crippen molar-refractivity contribution >= 4 is 28.5 Å². The van der Waals surface area contributed by atoms with Crippen LogP contribution in [-0.4, -0.2) is 48.6 Å². The molecule has 0 bridgehead atoms. The van der Waals surface area contributed by atoms with Gasteiger partial charge in [-0.05, 0) is 37.3 Å². The van der Waals surface area contributed by atoms with Gasteiger partial charge in [-0.15, -0.1) is 0 Å². The molecule has 8 heteroatoms. The summed E-state index contributed by atoms with van der Waals surface area (Å²) in [7, 11) is 0. The molecule has 2 aromatic carbocycles. The summed E-state index contributed by atoms with van der Waals surface area (Å²) in [5.74, 6) is -0.00969. The highest BCUT2D eigenvalue weighted by Gasteiger charge is 2.16. The molecule has 0 fully saturated rings. The Kier molecular flexibility index (Phi) is 6.98. The van der Waals surface area contributed by atoms with Gasteiger partial charge in [0.2, 0.25) is 5.76 Å². The van der Waals surface area contributed by atoms with Crippen molar-refractivity contribution in [3.63, 3.8) is 0 Å². The van der Waals surface area contributed by atoms with Crippen LogP contribution >= 0.6 is 11.6 Å². The summed E-state index contributed by atoms with van der Waals surface area (Å²) in [6, 6.07) is 12.3. The summed E-state index contributed by atoms with van der Waals surface area (Å²) in [5.41, 5.74) is 1.07. The van der Waals surface area contributed by atoms with Crippen LogP contribution in [0, 0.1) is 6.92 Å². The summed E-state index contributed by atoms with van der Waals surface area (Å²) in [4.78, 5) is 11.1. The standard InChI is InChI=1S/C21H22ClNO6/c1-13-16-10-15(6-7-18(16)29-20(13)21(25)26)27-9-8-23-11-14(24)12-28-19-5-3-2-4-17(19)22/h2-7,10,14,23-24H,8-9,11-12H2,1H3,(H,25,26)/t14-/m0/s1. The van der Waals surface area contributed by atoms with Crippen molar-refractivity contribution in [1.29, 1.82) is 0 Å². The fraction of sp³-hybridized carbons (Fsp3) is 0.286. The Balaban J connectivity index is 1.40. The molecule has 0 aliphatic rings. The minimum Gasteiger partial charge on any atom is -0.492 e. The summed E-state index contributed by atoms with van der Waals surface area (Å²) >= 11 is 6.00. The van der Waals surface area contributed by atoms with E-state index in [2.05, 4.69) is 5.32 Å². The lowest BCUT2D eigenvalue weighted by Gasteiger charge is -2.14. The second-order valence-electron chi connectivity index (χ2n) is 6.47. The van der Waals surface area contributed by atoms with Crippen molar-refractivity contribution in [3.05, 3.63) is 58.8 Å². The number of benzene rings is 2. The van der Waals surface area contributed by atoms with E-state index in [1.807, 2.05) is 12.1 Å². The van der Waals surface area contributed by atoms with Gasteiger partial charge >= 0.3 is 5.97 Å². The number of fused-ring (bicyclic) bond motifs is 1. The lowest BCUT2D eigenvalue weighted by atomic mass is 10.1. The van der Waals surface area contributed by atoms with Crippen LogP contribution in [-0.2, 0) is 0 Å². The molecule has 0 amide bonds. The zero-order valence-electron chi connectivity index (χ0n) is 15.9. The third-order valence-electron chi connectivity index (χ3n) is 4.30. The number of carboxylic acids is 1. The maximum Gasteiger partial charge on any atom is 0.372 e. The average molecular weight is 420 g/mol. The van der Waals surface area contributed by atoms with Gasteiger partial charge in [-0.1, -0.05) is 23.7 Å². The number of ether oxygens (including phenoxy) is 2. The number of carbonyl (C=O) groups is 1. The van der Waals surface area contributed by atoms with E-state index in [9.17, 15) is 9.90 Å². The minimum absolute atomic E-state index is 0.0631. The number of para-hydroxylation sites is 1. The van der Waals surface area contributed by atoms with Gasteiger partial charge in [0.15, 0.2) is 0 Å². The summed E-state index contributed by atoms with van der Waals surface area (Å²) in [6.07, 6.45) is -0.689. The van der Waals surface area contributed by atoms with E-state index in [-0.39, 0.29) is 12.4 Å². The van der Waals surface area contributed by atoms with Crippen molar-refractivity contribution in [2.45, 2.75) is 13.0 Å². The van der Waals surface area contributed by atoms with E-state index < -0.39 is 12.1 Å². The highest BCUT2D eigenvalue weighted by Crippen LogP contribution is 2.28. The maximum absolute atomic E-state index is 11.1. The van der Waals surface area contributed by atoms with Crippen LogP contribution in [0.2, 0.25) is 5.02 Å². The van der Waals surface area contributed by atoms with Gasteiger partial charge in [-0.25, -0.2) is 4.79 Å². The first-order valence-corrected chi connectivity index (χ1v) is 9.49. The number of aromatic carboxylic acids is 1. The number of hydrogen-bond donors (Lipinski definition) is 3. The maximum atomic E-state index is 11.1. The number of aryl methyl sites for hydroxylation is 1. The molecule has 0 saturated heterocycles. The highest BCUT2D eigenvalue weighted by molar-refractivity contribution is 6.32. The molecular formula is C21H22ClNO6. The van der Waals surface area contributed by atoms with Crippen LogP contribution in [0.25, 0.3) is 11.0 Å². The smallest absolute Gasteiger partial charge is 0.372 e. The van der Waals surface area contributed by atoms with Gasteiger partial charge in [0, 0.05) is 24.0 Å². The molecule has 0 radical (unpaired) electrons. The lowest BCUT2D eigenvalue weighted by Crippen LogP contribution is -2.33. The number of nitrogens with one attached hydrogen (secondary N) is 1. The SMILES string of the molecule is Cc1c(C(=O)O)oc2ccc(OCCNC[C@H](O)COc3ccccc3Cl)cc12. The number of aliphatic hydroxyl groups is 1. The van der Waals surface area contributed by atoms with E-state index in [1.54, 1.807) is 37.3 Å². The Labute approximate surface area is 172 Å². The molecule has 0 aliphatic heterocycles. The fourth-order valence-corrected chi connectivity index (χ4v) is 3.00. The molecule has 0 spiro atoms. The van der Waals surface area contributed by atoms with Crippen molar-refractivity contribution in [1.82, 2.24) is 5.32 Å². The van der Waals surface area contributed by atoms with Crippen LogP contribution in [0.3, 0.4) is 0 Å². The van der Waals surface area contributed by atoms with Crippen LogP contribution in [0.4, 0.5) is 0 Å². The van der Waals surface area contributed by atoms with Gasteiger partial charge in [0.05, 0.1) is 5.02 Å². The zero-order valence-corrected chi connectivity index (χ0v) is 16.6. The Bertz CT molecular complexity index is 986. The molecule has 7 nitrogen and oxygen atoms in total. The van der Waals surface area contributed by atoms with Crippen LogP contribution < -0.4 is 14.8 Å². The van der Waals surface area contributed by atoms with Gasteiger partial charge in [0.25, 0.3) is 0 Å². The van der Waals surface area contributed by atoms with Gasteiger partial charge in [-0.3, -0.25) is 0 Å². The van der Waals surface area contributed by atoms with Gasteiger partial charge < -0.3 is 29.4 Å². The quantitative estimate of drug-likeness (QED) is 0.432. The normalized spacial score (nSPS) is 12.1. The first kappa shape index (κ1) is 21.0. The molecule has 1 heterocycles. The summed E-state index contributed by atoms with van der Waals surface area (Å²) < 4.78 is 16.5. The lowest BCUT2D eigenvalue weighted by molar-refractivity contribution is 0.0664. The highest BCUT2D eigenvalue weighted by atomic mass is 35.5. The second-order valence-corrected chi connectivity index (χ2v) is 6.87. The van der Waals surface area contributed by atoms with Crippen LogP contribution in [0.15, 0.2) is 46.9 Å². The third kappa shape index (κ3) is 5.41. The van der Waals surface area contributed by atoms with Crippen molar-refractivity contribution in [3.8, 4) is 11.5 Å². The Morgan fingerprint density at radius 3 is 2.79 bits per heavy atom. The Morgan fingerprint density at radius 1 is 1.24 bits per heavy atom. The molecule has 154 valence electrons. The van der Waals surface area contributed by atoms with E-state index in [0.717, 1.165) is 0 Å². The third-order valence-corrected chi connectivity index (χ3v) is 4.61. The number of furan rings is 1. The summed E-state index contributed by atoms with van der Waals surface area (Å²) in [5, 5.41) is 23.4. The van der Waals surface area contributed by atoms with Gasteiger partial charge in [0.1, 0.15) is 36.4 Å². The number of halogens is 1. The molecule has 3 N–H and O–H groups in total. The first-order chi connectivity index (χ1) is 14.0. The molecule has 0 saturated carbocycles. The summed E-state index contributed by atoms with van der Waals surface area (Å²) in [6.45, 7) is 3.07. The van der Waals surface area contributed by atoms with Crippen molar-refractivity contribution in [2.24, 2.45) is 0 Å². The fourth-order valence-electron chi connectivity index (χ4n) is 2.81. The van der Waals surface area contributed by atoms with Crippen molar-refractivity contribution in [2.75, 3.05) is 26.3 Å². The molecule has 1 aromatic heterocycles. The van der Waals surface area contributed by atoms with Crippen LogP contribution in [0.5, 0.6) is 11.5 Å². The number of aliphatic hydroxyl groups excluding tert-OH is 1. The Hall–Kier alpha value is -2.74. The monoisotopic (exact) mass is 419 g/mol. The molecule has 29 heavy (non-hydrogen) atoms. The predicted octanol–water partition coefficient (Wildman–Crippen LogP) is 3.50. The topological polar surface area (TPSA) is 101 Å². The van der Waals surface area contributed by atoms with Gasteiger partial charge in [-0.2, -0.15) is 0 Å². The van der Waals surface area contributed by atoms with E-state index in [1.165, 1.54) is 0 Å². The molecule has 1 atom stereocenters. The average Bonchev–Trinajstić information content (AvgIpc) is 3.03. The second kappa shape index (κ2) is 9.65. The molecule has 3 rings (SSSR count). The largest absolute Gasteiger partial charge is 0.492 e. The van der Waals surface area contributed by atoms with E-state index in [0.29, 0.717) is 52.8 Å². The molecule has 3 aromatic rings. The van der Waals surface area contributed by atoms with E-state index >= 15 is 0 Å². The molecular weight excluding hydrogens is 398 g/mol. The molecule has 0 aliphatic carbocycles. The number of carboxylic acid groups (broad SMARTS) is 1. The van der Waals surface area contributed by atoms with Crippen LogP contribution in [0.1, 0.15) is 16.1 Å². The number of rotatable bonds is 10. The predicted molar refractivity (Wildman–Crippen MR) is 109 cm³/mol.